The van der Waals surface area contributed by atoms with Gasteiger partial charge in [-0.15, -0.1) is 11.3 Å². The molecule has 1 heterocycles. The maximum absolute atomic E-state index is 10.4. The molecule has 21 heavy (non-hydrogen) atoms. The van der Waals surface area contributed by atoms with Crippen LogP contribution in [0, 0.1) is 0 Å². The van der Waals surface area contributed by atoms with Crippen LogP contribution in [0.4, 0.5) is 0 Å². The lowest BCUT2D eigenvalue weighted by Gasteiger charge is -1.98. The number of unbranched alkanes of at least 4 members (excludes halogenated alkanes) is 3. The summed E-state index contributed by atoms with van der Waals surface area (Å²) in [6.07, 6.45) is 6.98. The Bertz CT molecular complexity index is 597. The standard InChI is InChI=1S/C16H18ClNO2S/c17-13-7-5-6-12(10-13)14-11-18-15(21-14)8-3-1-2-4-9-16(19)20/h5-7,10-11H,1-4,8-9H2,(H,19,20). The number of carboxylic acids is 1. The van der Waals surface area contributed by atoms with Crippen molar-refractivity contribution in [1.82, 2.24) is 4.98 Å². The van der Waals surface area contributed by atoms with E-state index in [1.54, 1.807) is 11.3 Å². The van der Waals surface area contributed by atoms with E-state index in [0.29, 0.717) is 0 Å². The quantitative estimate of drug-likeness (QED) is 0.692. The van der Waals surface area contributed by atoms with E-state index in [1.165, 1.54) is 0 Å². The molecule has 0 saturated heterocycles. The number of hydrogen-bond donors (Lipinski definition) is 1. The molecule has 0 bridgehead atoms. The van der Waals surface area contributed by atoms with Gasteiger partial charge in [0.15, 0.2) is 0 Å². The fourth-order valence-corrected chi connectivity index (χ4v) is 3.25. The van der Waals surface area contributed by atoms with Crippen molar-refractivity contribution in [2.75, 3.05) is 0 Å². The maximum Gasteiger partial charge on any atom is 0.303 e. The predicted octanol–water partition coefficient (Wildman–Crippen LogP) is 5.04. The lowest BCUT2D eigenvalue weighted by molar-refractivity contribution is -0.137. The third-order valence-electron chi connectivity index (χ3n) is 3.19. The Kier molecular flexibility index (Phi) is 6.21. The highest BCUT2D eigenvalue weighted by atomic mass is 35.5. The number of rotatable bonds is 8. The summed E-state index contributed by atoms with van der Waals surface area (Å²) in [6, 6.07) is 7.80. The molecule has 0 amide bonds. The van der Waals surface area contributed by atoms with Gasteiger partial charge in [-0.1, -0.05) is 36.6 Å². The largest absolute Gasteiger partial charge is 0.481 e. The minimum atomic E-state index is -0.707. The van der Waals surface area contributed by atoms with Gasteiger partial charge in [0.25, 0.3) is 0 Å². The molecule has 0 fully saturated rings. The molecule has 3 nitrogen and oxygen atoms in total. The van der Waals surface area contributed by atoms with E-state index < -0.39 is 5.97 Å². The minimum absolute atomic E-state index is 0.274. The summed E-state index contributed by atoms with van der Waals surface area (Å²) in [5.74, 6) is -0.707. The number of aromatic nitrogens is 1. The summed E-state index contributed by atoms with van der Waals surface area (Å²) < 4.78 is 0. The zero-order valence-electron chi connectivity index (χ0n) is 11.7. The molecule has 0 spiro atoms. The van der Waals surface area contributed by atoms with E-state index >= 15 is 0 Å². The van der Waals surface area contributed by atoms with Gasteiger partial charge in [-0.05, 0) is 37.0 Å². The highest BCUT2D eigenvalue weighted by molar-refractivity contribution is 7.15. The van der Waals surface area contributed by atoms with Crippen molar-refractivity contribution in [3.63, 3.8) is 0 Å². The molecule has 1 N–H and O–H groups in total. The summed E-state index contributed by atoms with van der Waals surface area (Å²) in [7, 11) is 0. The Morgan fingerprint density at radius 2 is 2.05 bits per heavy atom. The first-order valence-corrected chi connectivity index (χ1v) is 8.27. The SMILES string of the molecule is O=C(O)CCCCCCc1ncc(-c2cccc(Cl)c2)s1. The first kappa shape index (κ1) is 16.0. The lowest BCUT2D eigenvalue weighted by atomic mass is 10.1. The van der Waals surface area contributed by atoms with Crippen LogP contribution in [0.15, 0.2) is 30.5 Å². The third-order valence-corrected chi connectivity index (χ3v) is 4.54. The van der Waals surface area contributed by atoms with Crippen LogP contribution in [0.25, 0.3) is 10.4 Å². The van der Waals surface area contributed by atoms with Gasteiger partial charge in [0.2, 0.25) is 0 Å². The summed E-state index contributed by atoms with van der Waals surface area (Å²) in [5.41, 5.74) is 1.10. The van der Waals surface area contributed by atoms with Gasteiger partial charge in [0.1, 0.15) is 0 Å². The van der Waals surface area contributed by atoms with Gasteiger partial charge in [-0.2, -0.15) is 0 Å². The van der Waals surface area contributed by atoms with Gasteiger partial charge in [-0.3, -0.25) is 4.79 Å². The third kappa shape index (κ3) is 5.48. The number of halogens is 1. The van der Waals surface area contributed by atoms with Crippen LogP contribution in [-0.4, -0.2) is 16.1 Å². The molecular formula is C16H18ClNO2S. The first-order valence-electron chi connectivity index (χ1n) is 7.07. The van der Waals surface area contributed by atoms with Crippen molar-refractivity contribution in [3.8, 4) is 10.4 Å². The molecule has 0 atom stereocenters. The Hall–Kier alpha value is -1.39. The van der Waals surface area contributed by atoms with E-state index in [0.717, 1.165) is 52.6 Å². The Morgan fingerprint density at radius 1 is 1.24 bits per heavy atom. The van der Waals surface area contributed by atoms with Gasteiger partial charge in [0.05, 0.1) is 9.88 Å². The van der Waals surface area contributed by atoms with E-state index in [1.807, 2.05) is 30.5 Å². The summed E-state index contributed by atoms with van der Waals surface area (Å²) >= 11 is 7.70. The number of carbonyl (C=O) groups is 1. The Morgan fingerprint density at radius 3 is 2.81 bits per heavy atom. The van der Waals surface area contributed by atoms with Crippen molar-refractivity contribution in [1.29, 1.82) is 0 Å². The number of aryl methyl sites for hydroxylation is 1. The normalized spacial score (nSPS) is 10.7. The smallest absolute Gasteiger partial charge is 0.303 e. The van der Waals surface area contributed by atoms with Crippen molar-refractivity contribution < 1.29 is 9.90 Å². The van der Waals surface area contributed by atoms with Crippen LogP contribution in [0.2, 0.25) is 5.02 Å². The predicted molar refractivity (Wildman–Crippen MR) is 87.0 cm³/mol. The van der Waals surface area contributed by atoms with Gasteiger partial charge < -0.3 is 5.11 Å². The number of hydrogen-bond acceptors (Lipinski definition) is 3. The minimum Gasteiger partial charge on any atom is -0.481 e. The second-order valence-corrected chi connectivity index (χ2v) is 6.49. The lowest BCUT2D eigenvalue weighted by Crippen LogP contribution is -1.93. The van der Waals surface area contributed by atoms with Crippen molar-refractivity contribution in [2.24, 2.45) is 0 Å². The fraction of sp³-hybridized carbons (Fsp3) is 0.375. The zero-order valence-corrected chi connectivity index (χ0v) is 13.3. The van der Waals surface area contributed by atoms with Crippen LogP contribution in [0.5, 0.6) is 0 Å². The molecule has 0 aliphatic rings. The maximum atomic E-state index is 10.4. The fourth-order valence-electron chi connectivity index (χ4n) is 2.11. The molecule has 0 aliphatic heterocycles. The molecule has 0 saturated carbocycles. The molecule has 0 unspecified atom stereocenters. The topological polar surface area (TPSA) is 50.2 Å². The van der Waals surface area contributed by atoms with Crippen LogP contribution in [0.3, 0.4) is 0 Å². The molecule has 112 valence electrons. The Labute approximate surface area is 133 Å². The number of carboxylic acid groups (broad SMARTS) is 1. The summed E-state index contributed by atoms with van der Waals surface area (Å²) in [5, 5.41) is 10.4. The molecular weight excluding hydrogens is 306 g/mol. The molecule has 0 radical (unpaired) electrons. The average Bonchev–Trinajstić information content (AvgIpc) is 2.91. The summed E-state index contributed by atoms with van der Waals surface area (Å²) in [6.45, 7) is 0. The van der Waals surface area contributed by atoms with Crippen molar-refractivity contribution in [3.05, 3.63) is 40.5 Å². The number of aliphatic carboxylic acids is 1. The summed E-state index contributed by atoms with van der Waals surface area (Å²) in [4.78, 5) is 16.0. The molecule has 0 aliphatic carbocycles. The van der Waals surface area contributed by atoms with Crippen LogP contribution < -0.4 is 0 Å². The van der Waals surface area contributed by atoms with Crippen molar-refractivity contribution >= 4 is 28.9 Å². The second-order valence-electron chi connectivity index (χ2n) is 4.94. The molecule has 1 aromatic heterocycles. The van der Waals surface area contributed by atoms with Crippen LogP contribution >= 0.6 is 22.9 Å². The number of nitrogens with zero attached hydrogens (tertiary/aromatic N) is 1. The second kappa shape index (κ2) is 8.15. The van der Waals surface area contributed by atoms with Gasteiger partial charge >= 0.3 is 5.97 Å². The molecule has 2 aromatic rings. The van der Waals surface area contributed by atoms with Gasteiger partial charge in [0, 0.05) is 17.6 Å². The monoisotopic (exact) mass is 323 g/mol. The van der Waals surface area contributed by atoms with E-state index in [2.05, 4.69) is 4.98 Å². The highest BCUT2D eigenvalue weighted by Gasteiger charge is 2.05. The van der Waals surface area contributed by atoms with E-state index in [-0.39, 0.29) is 6.42 Å². The van der Waals surface area contributed by atoms with Crippen LogP contribution in [0.1, 0.15) is 37.1 Å². The Balaban J connectivity index is 1.77. The number of benzene rings is 1. The van der Waals surface area contributed by atoms with E-state index in [4.69, 9.17) is 16.7 Å². The number of thiazole rings is 1. The van der Waals surface area contributed by atoms with Crippen molar-refractivity contribution in [2.45, 2.75) is 38.5 Å². The first-order chi connectivity index (χ1) is 10.1. The molecule has 2 rings (SSSR count). The van der Waals surface area contributed by atoms with Gasteiger partial charge in [-0.25, -0.2) is 4.98 Å². The highest BCUT2D eigenvalue weighted by Crippen LogP contribution is 2.28. The zero-order chi connectivity index (χ0) is 15.1. The molecule has 1 aromatic carbocycles. The molecule has 5 heteroatoms. The average molecular weight is 324 g/mol. The van der Waals surface area contributed by atoms with Crippen LogP contribution in [-0.2, 0) is 11.2 Å². The van der Waals surface area contributed by atoms with E-state index in [9.17, 15) is 4.79 Å².